The fourth-order valence-corrected chi connectivity index (χ4v) is 2.98. The van der Waals surface area contributed by atoms with Crippen LogP contribution >= 0.6 is 0 Å². The Morgan fingerprint density at radius 1 is 1.21 bits per heavy atom. The first-order valence-electron chi connectivity index (χ1n) is 7.61. The van der Waals surface area contributed by atoms with E-state index in [-0.39, 0.29) is 6.10 Å². The zero-order valence-electron chi connectivity index (χ0n) is 12.6. The van der Waals surface area contributed by atoms with Crippen molar-refractivity contribution in [3.05, 3.63) is 35.4 Å². The van der Waals surface area contributed by atoms with E-state index in [1.54, 1.807) is 0 Å². The van der Waals surface area contributed by atoms with Gasteiger partial charge in [-0.2, -0.15) is 0 Å². The van der Waals surface area contributed by atoms with Crippen LogP contribution in [0.5, 0.6) is 0 Å². The summed E-state index contributed by atoms with van der Waals surface area (Å²) in [4.78, 5) is 0. The third kappa shape index (κ3) is 3.37. The van der Waals surface area contributed by atoms with Crippen molar-refractivity contribution in [2.45, 2.75) is 58.8 Å². The Kier molecular flexibility index (Phi) is 5.00. The van der Waals surface area contributed by atoms with E-state index in [2.05, 4.69) is 57.3 Å². The molecule has 1 aromatic rings. The number of benzene rings is 1. The molecule has 19 heavy (non-hydrogen) atoms. The van der Waals surface area contributed by atoms with Crippen LogP contribution in [-0.4, -0.2) is 18.7 Å². The van der Waals surface area contributed by atoms with E-state index in [1.807, 2.05) is 0 Å². The molecule has 1 N–H and O–H groups in total. The number of nitrogens with one attached hydrogen (secondary N) is 1. The molecule has 0 amide bonds. The Morgan fingerprint density at radius 3 is 2.42 bits per heavy atom. The molecule has 1 heterocycles. The monoisotopic (exact) mass is 261 g/mol. The van der Waals surface area contributed by atoms with Gasteiger partial charge in [0.25, 0.3) is 0 Å². The molecule has 1 saturated heterocycles. The summed E-state index contributed by atoms with van der Waals surface area (Å²) in [5.74, 6) is 0.660. The standard InChI is InChI=1S/C17H27NO/c1-5-14(6-2)16-11-18-13(4)17(19-16)15-9-7-12(3)8-10-15/h7-10,13-14,16-18H,5-6,11H2,1-4H3. The lowest BCUT2D eigenvalue weighted by Crippen LogP contribution is -2.49. The fourth-order valence-electron chi connectivity index (χ4n) is 2.98. The van der Waals surface area contributed by atoms with Gasteiger partial charge in [-0.05, 0) is 25.3 Å². The lowest BCUT2D eigenvalue weighted by atomic mass is 9.92. The molecule has 0 aliphatic carbocycles. The Labute approximate surface area is 117 Å². The highest BCUT2D eigenvalue weighted by Gasteiger charge is 2.32. The van der Waals surface area contributed by atoms with Gasteiger partial charge in [-0.1, -0.05) is 56.5 Å². The summed E-state index contributed by atoms with van der Waals surface area (Å²) in [7, 11) is 0. The molecule has 2 nitrogen and oxygen atoms in total. The van der Waals surface area contributed by atoms with Gasteiger partial charge in [-0.25, -0.2) is 0 Å². The number of ether oxygens (including phenoxy) is 1. The van der Waals surface area contributed by atoms with Gasteiger partial charge in [0.15, 0.2) is 0 Å². The van der Waals surface area contributed by atoms with E-state index in [9.17, 15) is 0 Å². The first kappa shape index (κ1) is 14.5. The third-order valence-electron chi connectivity index (χ3n) is 4.40. The summed E-state index contributed by atoms with van der Waals surface area (Å²) in [5.41, 5.74) is 2.60. The maximum absolute atomic E-state index is 6.41. The van der Waals surface area contributed by atoms with E-state index in [1.165, 1.54) is 24.0 Å². The molecule has 0 spiro atoms. The normalized spacial score (nSPS) is 27.7. The maximum atomic E-state index is 6.41. The van der Waals surface area contributed by atoms with E-state index in [4.69, 9.17) is 4.74 Å². The predicted molar refractivity (Wildman–Crippen MR) is 80.3 cm³/mol. The molecule has 3 atom stereocenters. The molecule has 1 aliphatic rings. The number of hydrogen-bond acceptors (Lipinski definition) is 2. The fraction of sp³-hybridized carbons (Fsp3) is 0.647. The van der Waals surface area contributed by atoms with Crippen molar-refractivity contribution in [1.82, 2.24) is 5.32 Å². The van der Waals surface area contributed by atoms with E-state index < -0.39 is 0 Å². The summed E-state index contributed by atoms with van der Waals surface area (Å²) in [6.07, 6.45) is 2.91. The highest BCUT2D eigenvalue weighted by Crippen LogP contribution is 2.30. The molecule has 1 fully saturated rings. The second-order valence-corrected chi connectivity index (χ2v) is 5.78. The largest absolute Gasteiger partial charge is 0.367 e. The van der Waals surface area contributed by atoms with Crippen LogP contribution in [0.2, 0.25) is 0 Å². The van der Waals surface area contributed by atoms with Gasteiger partial charge >= 0.3 is 0 Å². The van der Waals surface area contributed by atoms with Gasteiger partial charge in [-0.3, -0.25) is 0 Å². The number of morpholine rings is 1. The van der Waals surface area contributed by atoms with Crippen LogP contribution in [0.15, 0.2) is 24.3 Å². The average Bonchev–Trinajstić information content (AvgIpc) is 2.43. The first-order chi connectivity index (χ1) is 9.15. The van der Waals surface area contributed by atoms with Crippen molar-refractivity contribution >= 4 is 0 Å². The maximum Gasteiger partial charge on any atom is 0.0979 e. The number of hydrogen-bond donors (Lipinski definition) is 1. The molecule has 0 radical (unpaired) electrons. The Balaban J connectivity index is 2.12. The lowest BCUT2D eigenvalue weighted by Gasteiger charge is -2.39. The minimum absolute atomic E-state index is 0.181. The summed E-state index contributed by atoms with van der Waals surface area (Å²) in [5, 5.41) is 3.62. The zero-order chi connectivity index (χ0) is 13.8. The SMILES string of the molecule is CCC(CC)C1CNC(C)C(c2ccc(C)cc2)O1. The molecule has 1 aliphatic heterocycles. The second kappa shape index (κ2) is 6.53. The minimum atomic E-state index is 0.181. The van der Waals surface area contributed by atoms with Crippen LogP contribution in [0.3, 0.4) is 0 Å². The van der Waals surface area contributed by atoms with Gasteiger partial charge in [0.05, 0.1) is 12.2 Å². The van der Waals surface area contributed by atoms with Gasteiger partial charge in [0, 0.05) is 12.6 Å². The van der Waals surface area contributed by atoms with Gasteiger partial charge in [-0.15, -0.1) is 0 Å². The van der Waals surface area contributed by atoms with Gasteiger partial charge < -0.3 is 10.1 Å². The molecule has 2 rings (SSSR count). The summed E-state index contributed by atoms with van der Waals surface area (Å²) in [6, 6.07) is 9.13. The summed E-state index contributed by atoms with van der Waals surface area (Å²) < 4.78 is 6.41. The summed E-state index contributed by atoms with van der Waals surface area (Å²) >= 11 is 0. The van der Waals surface area contributed by atoms with E-state index in [0.29, 0.717) is 18.1 Å². The van der Waals surface area contributed by atoms with Crippen molar-refractivity contribution < 1.29 is 4.74 Å². The molecule has 3 unspecified atom stereocenters. The summed E-state index contributed by atoms with van der Waals surface area (Å²) in [6.45, 7) is 9.84. The second-order valence-electron chi connectivity index (χ2n) is 5.78. The topological polar surface area (TPSA) is 21.3 Å². The molecular weight excluding hydrogens is 234 g/mol. The van der Waals surface area contributed by atoms with Crippen molar-refractivity contribution in [2.24, 2.45) is 5.92 Å². The minimum Gasteiger partial charge on any atom is -0.367 e. The Hall–Kier alpha value is -0.860. The smallest absolute Gasteiger partial charge is 0.0979 e. The van der Waals surface area contributed by atoms with Crippen molar-refractivity contribution in [2.75, 3.05) is 6.54 Å². The Morgan fingerprint density at radius 2 is 1.84 bits per heavy atom. The van der Waals surface area contributed by atoms with Crippen LogP contribution < -0.4 is 5.32 Å². The number of aryl methyl sites for hydroxylation is 1. The van der Waals surface area contributed by atoms with Crippen molar-refractivity contribution in [1.29, 1.82) is 0 Å². The number of rotatable bonds is 4. The molecular formula is C17H27NO. The highest BCUT2D eigenvalue weighted by atomic mass is 16.5. The van der Waals surface area contributed by atoms with Crippen LogP contribution in [0.25, 0.3) is 0 Å². The quantitative estimate of drug-likeness (QED) is 0.889. The predicted octanol–water partition coefficient (Wildman–Crippen LogP) is 3.85. The van der Waals surface area contributed by atoms with Crippen LogP contribution in [0, 0.1) is 12.8 Å². The lowest BCUT2D eigenvalue weighted by molar-refractivity contribution is -0.0881. The van der Waals surface area contributed by atoms with E-state index >= 15 is 0 Å². The molecule has 2 heteroatoms. The van der Waals surface area contributed by atoms with E-state index in [0.717, 1.165) is 6.54 Å². The van der Waals surface area contributed by atoms with Crippen LogP contribution in [0.1, 0.15) is 50.8 Å². The van der Waals surface area contributed by atoms with Gasteiger partial charge in [0.2, 0.25) is 0 Å². The molecule has 0 aromatic heterocycles. The first-order valence-corrected chi connectivity index (χ1v) is 7.61. The average molecular weight is 261 g/mol. The molecule has 0 saturated carbocycles. The molecule has 1 aromatic carbocycles. The van der Waals surface area contributed by atoms with Gasteiger partial charge in [0.1, 0.15) is 0 Å². The van der Waals surface area contributed by atoms with Crippen LogP contribution in [0.4, 0.5) is 0 Å². The zero-order valence-corrected chi connectivity index (χ0v) is 12.6. The van der Waals surface area contributed by atoms with Crippen LogP contribution in [-0.2, 0) is 4.74 Å². The Bertz CT molecular complexity index is 383. The third-order valence-corrected chi connectivity index (χ3v) is 4.40. The molecule has 0 bridgehead atoms. The highest BCUT2D eigenvalue weighted by molar-refractivity contribution is 5.24. The van der Waals surface area contributed by atoms with Crippen molar-refractivity contribution in [3.8, 4) is 0 Å². The molecule has 106 valence electrons. The van der Waals surface area contributed by atoms with Crippen molar-refractivity contribution in [3.63, 3.8) is 0 Å².